The van der Waals surface area contributed by atoms with Gasteiger partial charge in [0.25, 0.3) is 0 Å². The van der Waals surface area contributed by atoms with Crippen LogP contribution in [0.15, 0.2) is 90.1 Å². The summed E-state index contributed by atoms with van der Waals surface area (Å²) in [6.45, 7) is 6.31. The van der Waals surface area contributed by atoms with E-state index in [2.05, 4.69) is 28.4 Å². The minimum absolute atomic E-state index is 0.285. The van der Waals surface area contributed by atoms with Gasteiger partial charge >= 0.3 is 0 Å². The number of aryl methyl sites for hydroxylation is 2. The smallest absolute Gasteiger partial charge is 0.220 e. The minimum Gasteiger partial charge on any atom is -0.490 e. The summed E-state index contributed by atoms with van der Waals surface area (Å²) in [6.07, 6.45) is 0. The zero-order valence-corrected chi connectivity index (χ0v) is 23.4. The van der Waals surface area contributed by atoms with Gasteiger partial charge in [-0.25, -0.2) is 0 Å². The lowest BCUT2D eigenvalue weighted by Gasteiger charge is -2.18. The van der Waals surface area contributed by atoms with Gasteiger partial charge in [-0.2, -0.15) is 0 Å². The molecule has 40 heavy (non-hydrogen) atoms. The molecule has 0 aliphatic rings. The van der Waals surface area contributed by atoms with Gasteiger partial charge in [0.1, 0.15) is 17.7 Å². The highest BCUT2D eigenvalue weighted by Crippen LogP contribution is 2.40. The average molecular weight is 555 g/mol. The molecule has 0 saturated carbocycles. The Morgan fingerprint density at radius 3 is 2.48 bits per heavy atom. The van der Waals surface area contributed by atoms with Gasteiger partial charge in [0, 0.05) is 10.6 Å². The Balaban J connectivity index is 1.43. The molecule has 1 aromatic heterocycles. The molecule has 0 aliphatic carbocycles. The summed E-state index contributed by atoms with van der Waals surface area (Å²) < 4.78 is 14.1. The zero-order chi connectivity index (χ0) is 28.1. The van der Waals surface area contributed by atoms with Gasteiger partial charge in [0.05, 0.1) is 6.61 Å². The topological polar surface area (TPSA) is 92.3 Å². The number of nitrogens with zero attached hydrogens (tertiary/aromatic N) is 4. The van der Waals surface area contributed by atoms with E-state index in [1.807, 2.05) is 92.1 Å². The summed E-state index contributed by atoms with van der Waals surface area (Å²) in [5, 5.41) is 22.7. The van der Waals surface area contributed by atoms with Gasteiger partial charge in [0.2, 0.25) is 6.54 Å². The molecule has 5 aromatic rings. The molecule has 9 heteroatoms. The SMILES string of the molecule is CCOc1cc([C@H](C[N+](=O)[O-])Sc2nnc(C)n2-c2ccc(C)cc2)ccc1OCc1cccc2ccccc12. The molecule has 1 heterocycles. The number of hydrogen-bond donors (Lipinski definition) is 0. The van der Waals surface area contributed by atoms with E-state index < -0.39 is 5.25 Å². The van der Waals surface area contributed by atoms with Gasteiger partial charge < -0.3 is 9.47 Å². The van der Waals surface area contributed by atoms with Gasteiger partial charge in [-0.05, 0) is 66.9 Å². The summed E-state index contributed by atoms with van der Waals surface area (Å²) in [4.78, 5) is 11.4. The molecule has 0 aliphatic heterocycles. The lowest BCUT2D eigenvalue weighted by molar-refractivity contribution is -0.479. The molecule has 0 unspecified atom stereocenters. The van der Waals surface area contributed by atoms with Gasteiger partial charge in [-0.1, -0.05) is 78.0 Å². The Labute approximate surface area is 237 Å². The molecular weight excluding hydrogens is 524 g/mol. The third-order valence-electron chi connectivity index (χ3n) is 6.55. The summed E-state index contributed by atoms with van der Waals surface area (Å²) >= 11 is 1.31. The van der Waals surface area contributed by atoms with Crippen molar-refractivity contribution < 1.29 is 14.4 Å². The first-order valence-electron chi connectivity index (χ1n) is 13.1. The third-order valence-corrected chi connectivity index (χ3v) is 7.73. The van der Waals surface area contributed by atoms with E-state index in [1.165, 1.54) is 11.8 Å². The van der Waals surface area contributed by atoms with Crippen LogP contribution in [0.4, 0.5) is 0 Å². The quantitative estimate of drug-likeness (QED) is 0.0974. The van der Waals surface area contributed by atoms with Crippen LogP contribution in [0.1, 0.15) is 34.7 Å². The van der Waals surface area contributed by atoms with Crippen LogP contribution in [-0.4, -0.2) is 32.8 Å². The fourth-order valence-corrected chi connectivity index (χ4v) is 5.73. The summed E-state index contributed by atoms with van der Waals surface area (Å²) in [7, 11) is 0. The molecule has 0 N–H and O–H groups in total. The van der Waals surface area contributed by atoms with E-state index >= 15 is 0 Å². The monoisotopic (exact) mass is 554 g/mol. The highest BCUT2D eigenvalue weighted by Gasteiger charge is 2.25. The highest BCUT2D eigenvalue weighted by atomic mass is 32.2. The predicted octanol–water partition coefficient (Wildman–Crippen LogP) is 7.13. The van der Waals surface area contributed by atoms with Gasteiger partial charge in [-0.15, -0.1) is 10.2 Å². The van der Waals surface area contributed by atoms with Crippen molar-refractivity contribution in [3.63, 3.8) is 0 Å². The molecular formula is C31H30N4O4S. The first-order valence-corrected chi connectivity index (χ1v) is 13.9. The molecule has 1 atom stereocenters. The molecule has 8 nitrogen and oxygen atoms in total. The van der Waals surface area contributed by atoms with E-state index in [1.54, 1.807) is 0 Å². The Morgan fingerprint density at radius 2 is 1.70 bits per heavy atom. The number of fused-ring (bicyclic) bond motifs is 1. The standard InChI is InChI=1S/C31H30N4O4S/c1-4-38-29-18-24(14-17-28(29)39-20-25-10-7-9-23-8-5-6-11-27(23)25)30(19-34(36)37)40-31-33-32-22(3)35(31)26-15-12-21(2)13-16-26/h5-18,30H,4,19-20H2,1-3H3/t30-/m0/s1. The van der Waals surface area contributed by atoms with E-state index in [4.69, 9.17) is 9.47 Å². The number of thioether (sulfide) groups is 1. The van der Waals surface area contributed by atoms with E-state index in [0.717, 1.165) is 33.2 Å². The fraction of sp³-hybridized carbons (Fsp3) is 0.226. The van der Waals surface area contributed by atoms with E-state index in [9.17, 15) is 10.1 Å². The molecule has 4 aromatic carbocycles. The number of aromatic nitrogens is 3. The number of hydrogen-bond acceptors (Lipinski definition) is 7. The Morgan fingerprint density at radius 1 is 0.925 bits per heavy atom. The van der Waals surface area contributed by atoms with Crippen molar-refractivity contribution in [3.8, 4) is 17.2 Å². The second-order valence-electron chi connectivity index (χ2n) is 9.39. The van der Waals surface area contributed by atoms with E-state index in [0.29, 0.717) is 35.7 Å². The van der Waals surface area contributed by atoms with Crippen molar-refractivity contribution >= 4 is 22.5 Å². The third kappa shape index (κ3) is 6.10. The second-order valence-corrected chi connectivity index (χ2v) is 10.6. The zero-order valence-electron chi connectivity index (χ0n) is 22.6. The molecule has 0 bridgehead atoms. The summed E-state index contributed by atoms with van der Waals surface area (Å²) in [6, 6.07) is 27.9. The maximum Gasteiger partial charge on any atom is 0.220 e. The highest BCUT2D eigenvalue weighted by molar-refractivity contribution is 7.99. The number of rotatable bonds is 11. The molecule has 5 rings (SSSR count). The molecule has 0 fully saturated rings. The average Bonchev–Trinajstić information content (AvgIpc) is 3.32. The fourth-order valence-electron chi connectivity index (χ4n) is 4.57. The maximum atomic E-state index is 11.7. The largest absolute Gasteiger partial charge is 0.490 e. The van der Waals surface area contributed by atoms with Crippen molar-refractivity contribution in [3.05, 3.63) is 118 Å². The van der Waals surface area contributed by atoms with Gasteiger partial charge in [0.15, 0.2) is 16.7 Å². The number of benzene rings is 4. The second kappa shape index (κ2) is 12.2. The van der Waals surface area contributed by atoms with Crippen LogP contribution < -0.4 is 9.47 Å². The van der Waals surface area contributed by atoms with Crippen LogP contribution in [-0.2, 0) is 6.61 Å². The van der Waals surface area contributed by atoms with E-state index in [-0.39, 0.29) is 11.5 Å². The van der Waals surface area contributed by atoms with Crippen molar-refractivity contribution in [2.75, 3.05) is 13.2 Å². The van der Waals surface area contributed by atoms with Crippen molar-refractivity contribution in [1.29, 1.82) is 0 Å². The van der Waals surface area contributed by atoms with Gasteiger partial charge in [-0.3, -0.25) is 14.7 Å². The predicted molar refractivity (Wildman–Crippen MR) is 157 cm³/mol. The first-order chi connectivity index (χ1) is 19.4. The molecule has 0 amide bonds. The summed E-state index contributed by atoms with van der Waals surface area (Å²) in [5.74, 6) is 1.84. The lowest BCUT2D eigenvalue weighted by Crippen LogP contribution is -2.12. The van der Waals surface area contributed by atoms with Crippen molar-refractivity contribution in [1.82, 2.24) is 14.8 Å². The number of nitro groups is 1. The Hall–Kier alpha value is -4.37. The molecule has 0 spiro atoms. The van der Waals surface area contributed by atoms with Crippen molar-refractivity contribution in [2.24, 2.45) is 0 Å². The minimum atomic E-state index is -0.519. The maximum absolute atomic E-state index is 11.7. The van der Waals surface area contributed by atoms with Crippen LogP contribution in [0.5, 0.6) is 11.5 Å². The van der Waals surface area contributed by atoms with Crippen molar-refractivity contribution in [2.45, 2.75) is 37.8 Å². The van der Waals surface area contributed by atoms with Crippen LogP contribution in [0, 0.1) is 24.0 Å². The van der Waals surface area contributed by atoms with Crippen LogP contribution >= 0.6 is 11.8 Å². The lowest BCUT2D eigenvalue weighted by atomic mass is 10.1. The first kappa shape index (κ1) is 27.2. The van der Waals surface area contributed by atoms with Crippen LogP contribution in [0.3, 0.4) is 0 Å². The Kier molecular flexibility index (Phi) is 8.31. The molecule has 204 valence electrons. The molecule has 0 saturated heterocycles. The normalized spacial score (nSPS) is 11.9. The summed E-state index contributed by atoms with van der Waals surface area (Å²) in [5.41, 5.74) is 3.86. The van der Waals surface area contributed by atoms with Crippen LogP contribution in [0.2, 0.25) is 0 Å². The van der Waals surface area contributed by atoms with Crippen LogP contribution in [0.25, 0.3) is 16.5 Å². The molecule has 0 radical (unpaired) electrons. The Bertz CT molecular complexity index is 1630. The number of ether oxygens (including phenoxy) is 2.